The highest BCUT2D eigenvalue weighted by atomic mass is 28.4. The lowest BCUT2D eigenvalue weighted by Crippen LogP contribution is -2.40. The van der Waals surface area contributed by atoms with Crippen molar-refractivity contribution in [3.05, 3.63) is 29.8 Å². The van der Waals surface area contributed by atoms with Crippen molar-refractivity contribution in [2.75, 3.05) is 13.7 Å². The highest BCUT2D eigenvalue weighted by Crippen LogP contribution is 2.40. The summed E-state index contributed by atoms with van der Waals surface area (Å²) >= 11 is 0. The molecule has 5 heteroatoms. The summed E-state index contributed by atoms with van der Waals surface area (Å²) in [4.78, 5) is 0. The summed E-state index contributed by atoms with van der Waals surface area (Å²) in [5, 5.41) is 0. The van der Waals surface area contributed by atoms with Crippen molar-refractivity contribution in [1.29, 1.82) is 0 Å². The topological polar surface area (TPSA) is 27.7 Å². The van der Waals surface area contributed by atoms with Gasteiger partial charge in [-0.1, -0.05) is 26.0 Å². The molecule has 0 radical (unpaired) electrons. The Balaban J connectivity index is 3.07. The molecule has 0 fully saturated rings. The Morgan fingerprint density at radius 1 is 0.913 bits per heavy atom. The molecule has 0 aliphatic heterocycles. The average Bonchev–Trinajstić information content (AvgIpc) is 2.41. The minimum atomic E-state index is -1.69. The first kappa shape index (κ1) is 20.4. The van der Waals surface area contributed by atoms with Crippen LogP contribution in [0.25, 0.3) is 0 Å². The molecule has 0 N–H and O–H groups in total. The zero-order valence-electron chi connectivity index (χ0n) is 16.3. The van der Waals surface area contributed by atoms with E-state index in [0.717, 1.165) is 5.75 Å². The Morgan fingerprint density at radius 3 is 1.83 bits per heavy atom. The maximum atomic E-state index is 6.56. The zero-order valence-corrected chi connectivity index (χ0v) is 18.3. The van der Waals surface area contributed by atoms with Crippen molar-refractivity contribution >= 4 is 16.6 Å². The predicted molar refractivity (Wildman–Crippen MR) is 103 cm³/mol. The molecule has 1 aromatic carbocycles. The lowest BCUT2D eigenvalue weighted by atomic mass is 9.83. The van der Waals surface area contributed by atoms with Gasteiger partial charge in [0.25, 0.3) is 0 Å². The molecule has 0 heterocycles. The number of hydrogen-bond donors (Lipinski definition) is 0. The molecule has 0 aliphatic rings. The average molecular weight is 355 g/mol. The van der Waals surface area contributed by atoms with Gasteiger partial charge in [0, 0.05) is 12.0 Å². The lowest BCUT2D eigenvalue weighted by molar-refractivity contribution is 0.0247. The first-order valence-corrected chi connectivity index (χ1v) is 15.1. The number of rotatable bonds is 8. The van der Waals surface area contributed by atoms with E-state index in [0.29, 0.717) is 6.61 Å². The van der Waals surface area contributed by atoms with Crippen LogP contribution in [-0.4, -0.2) is 30.4 Å². The van der Waals surface area contributed by atoms with E-state index in [1.54, 1.807) is 7.11 Å². The Bertz CT molecular complexity index is 484. The Morgan fingerprint density at radius 2 is 1.43 bits per heavy atom. The summed E-state index contributed by atoms with van der Waals surface area (Å²) in [6.07, 6.45) is 0.0245. The highest BCUT2D eigenvalue weighted by molar-refractivity contribution is 6.70. The zero-order chi connectivity index (χ0) is 17.9. The minimum absolute atomic E-state index is 0.0245. The molecule has 1 aromatic rings. The van der Waals surface area contributed by atoms with Crippen LogP contribution >= 0.6 is 0 Å². The summed E-state index contributed by atoms with van der Waals surface area (Å²) in [5.74, 6) is 0.872. The van der Waals surface area contributed by atoms with Crippen LogP contribution in [0.1, 0.15) is 25.5 Å². The minimum Gasteiger partial charge on any atom is -0.497 e. The number of ether oxygens (including phenoxy) is 1. The van der Waals surface area contributed by atoms with Crippen LogP contribution < -0.4 is 4.74 Å². The molecule has 0 saturated carbocycles. The summed E-state index contributed by atoms with van der Waals surface area (Å²) < 4.78 is 18.0. The third-order valence-corrected chi connectivity index (χ3v) is 5.43. The number of benzene rings is 1. The van der Waals surface area contributed by atoms with Gasteiger partial charge in [0.1, 0.15) is 5.75 Å². The van der Waals surface area contributed by atoms with E-state index in [1.165, 1.54) is 5.56 Å². The molecular formula is C18H34O3Si2. The third kappa shape index (κ3) is 7.20. The molecular weight excluding hydrogens is 320 g/mol. The highest BCUT2D eigenvalue weighted by Gasteiger charge is 2.36. The summed E-state index contributed by atoms with van der Waals surface area (Å²) in [6, 6.07) is 8.23. The quantitative estimate of drug-likeness (QED) is 0.580. The van der Waals surface area contributed by atoms with Crippen LogP contribution in [0.2, 0.25) is 39.3 Å². The van der Waals surface area contributed by atoms with Crippen molar-refractivity contribution in [3.63, 3.8) is 0 Å². The molecule has 0 saturated heterocycles. The fourth-order valence-corrected chi connectivity index (χ4v) is 4.26. The number of methoxy groups -OCH3 is 1. The van der Waals surface area contributed by atoms with Gasteiger partial charge in [0.2, 0.25) is 0 Å². The van der Waals surface area contributed by atoms with Crippen molar-refractivity contribution < 1.29 is 13.6 Å². The molecule has 1 atom stereocenters. The van der Waals surface area contributed by atoms with Crippen LogP contribution in [0, 0.1) is 5.41 Å². The van der Waals surface area contributed by atoms with Crippen LogP contribution in [0.4, 0.5) is 0 Å². The van der Waals surface area contributed by atoms with Gasteiger partial charge < -0.3 is 13.6 Å². The van der Waals surface area contributed by atoms with E-state index < -0.39 is 16.6 Å². The third-order valence-electron chi connectivity index (χ3n) is 3.48. The Kier molecular flexibility index (Phi) is 6.67. The Labute approximate surface area is 144 Å². The van der Waals surface area contributed by atoms with Gasteiger partial charge in [-0.05, 0) is 57.0 Å². The standard InChI is InChI=1S/C18H34O3Si2/c1-18(2,14-20-22(4,5)6)17(21-23(7,8)9)15-10-12-16(19-3)13-11-15/h10-13,17H,14H2,1-9H3. The molecule has 0 amide bonds. The Hall–Kier alpha value is -0.626. The molecule has 0 spiro atoms. The van der Waals surface area contributed by atoms with E-state index in [4.69, 9.17) is 13.6 Å². The fraction of sp³-hybridized carbons (Fsp3) is 0.667. The van der Waals surface area contributed by atoms with Gasteiger partial charge in [-0.25, -0.2) is 0 Å². The van der Waals surface area contributed by atoms with E-state index in [2.05, 4.69) is 65.3 Å². The van der Waals surface area contributed by atoms with Crippen molar-refractivity contribution in [3.8, 4) is 5.75 Å². The van der Waals surface area contributed by atoms with Crippen LogP contribution in [0.15, 0.2) is 24.3 Å². The molecule has 23 heavy (non-hydrogen) atoms. The van der Waals surface area contributed by atoms with Crippen molar-refractivity contribution in [2.24, 2.45) is 5.41 Å². The predicted octanol–water partition coefficient (Wildman–Crippen LogP) is 5.47. The lowest BCUT2D eigenvalue weighted by Gasteiger charge is -2.40. The normalized spacial score (nSPS) is 14.7. The first-order valence-electron chi connectivity index (χ1n) is 8.30. The fourth-order valence-electron chi connectivity index (χ4n) is 2.29. The molecule has 132 valence electrons. The maximum Gasteiger partial charge on any atom is 0.184 e. The van der Waals surface area contributed by atoms with E-state index in [9.17, 15) is 0 Å². The molecule has 0 aromatic heterocycles. The maximum absolute atomic E-state index is 6.56. The molecule has 1 rings (SSSR count). The summed E-state index contributed by atoms with van der Waals surface area (Å²) in [7, 11) is -1.55. The van der Waals surface area contributed by atoms with Crippen LogP contribution in [0.3, 0.4) is 0 Å². The van der Waals surface area contributed by atoms with Gasteiger partial charge in [0.15, 0.2) is 16.6 Å². The molecule has 0 bridgehead atoms. The van der Waals surface area contributed by atoms with E-state index >= 15 is 0 Å². The number of hydrogen-bond acceptors (Lipinski definition) is 3. The van der Waals surface area contributed by atoms with Gasteiger partial charge in [-0.3, -0.25) is 0 Å². The van der Waals surface area contributed by atoms with Gasteiger partial charge in [-0.2, -0.15) is 0 Å². The molecule has 3 nitrogen and oxygen atoms in total. The van der Waals surface area contributed by atoms with E-state index in [1.807, 2.05) is 12.1 Å². The van der Waals surface area contributed by atoms with Crippen LogP contribution in [-0.2, 0) is 8.85 Å². The van der Waals surface area contributed by atoms with Crippen LogP contribution in [0.5, 0.6) is 5.75 Å². The monoisotopic (exact) mass is 354 g/mol. The van der Waals surface area contributed by atoms with Gasteiger partial charge in [0.05, 0.1) is 13.2 Å². The van der Waals surface area contributed by atoms with Gasteiger partial charge in [-0.15, -0.1) is 0 Å². The second kappa shape index (κ2) is 7.51. The summed E-state index contributed by atoms with van der Waals surface area (Å²) in [6.45, 7) is 18.6. The second-order valence-corrected chi connectivity index (χ2v) is 17.7. The smallest absolute Gasteiger partial charge is 0.184 e. The molecule has 0 aliphatic carbocycles. The van der Waals surface area contributed by atoms with Gasteiger partial charge >= 0.3 is 0 Å². The summed E-state index contributed by atoms with van der Waals surface area (Å²) in [5.41, 5.74) is 1.10. The van der Waals surface area contributed by atoms with E-state index in [-0.39, 0.29) is 11.5 Å². The molecule has 1 unspecified atom stereocenters. The first-order chi connectivity index (χ1) is 10.3. The van der Waals surface area contributed by atoms with Crippen molar-refractivity contribution in [2.45, 2.75) is 59.2 Å². The second-order valence-electron chi connectivity index (χ2n) is 8.77. The van der Waals surface area contributed by atoms with Crippen molar-refractivity contribution in [1.82, 2.24) is 0 Å². The SMILES string of the molecule is COc1ccc(C(O[Si](C)(C)C)C(C)(C)CO[Si](C)(C)C)cc1. The largest absolute Gasteiger partial charge is 0.497 e.